The van der Waals surface area contributed by atoms with E-state index in [1.54, 1.807) is 0 Å². The van der Waals surface area contributed by atoms with Crippen LogP contribution in [0.15, 0.2) is 36.2 Å². The molecule has 19 heavy (non-hydrogen) atoms. The van der Waals surface area contributed by atoms with Gasteiger partial charge in [-0.15, -0.1) is 0 Å². The van der Waals surface area contributed by atoms with Gasteiger partial charge in [0.1, 0.15) is 11.9 Å². The van der Waals surface area contributed by atoms with Gasteiger partial charge in [0, 0.05) is 0 Å². The zero-order valence-electron chi connectivity index (χ0n) is 11.9. The summed E-state index contributed by atoms with van der Waals surface area (Å²) in [4.78, 5) is 0. The minimum atomic E-state index is -0.00331. The van der Waals surface area contributed by atoms with Crippen LogP contribution in [0.3, 0.4) is 0 Å². The van der Waals surface area contributed by atoms with Gasteiger partial charge in [0.15, 0.2) is 0 Å². The molecule has 2 rings (SSSR count). The number of hydrogen-bond donors (Lipinski definition) is 3. The fourth-order valence-electron chi connectivity index (χ4n) is 1.95. The van der Waals surface area contributed by atoms with E-state index >= 15 is 0 Å². The van der Waals surface area contributed by atoms with Crippen molar-refractivity contribution in [2.75, 3.05) is 6.61 Å². The first-order valence-corrected chi connectivity index (χ1v) is 6.72. The molecular formula is C15H23N3O. The van der Waals surface area contributed by atoms with Gasteiger partial charge >= 0.3 is 0 Å². The average Bonchev–Trinajstić information content (AvgIpc) is 2.85. The lowest BCUT2D eigenvalue weighted by Gasteiger charge is -2.21. The second-order valence-electron chi connectivity index (χ2n) is 6.19. The Morgan fingerprint density at radius 3 is 2.42 bits per heavy atom. The van der Waals surface area contributed by atoms with Gasteiger partial charge in [0.25, 0.3) is 0 Å². The van der Waals surface area contributed by atoms with Gasteiger partial charge in [-0.05, 0) is 36.0 Å². The van der Waals surface area contributed by atoms with Crippen molar-refractivity contribution >= 4 is 5.69 Å². The van der Waals surface area contributed by atoms with E-state index in [4.69, 9.17) is 5.11 Å². The molecule has 4 nitrogen and oxygen atoms in total. The van der Waals surface area contributed by atoms with Gasteiger partial charge in [-0.25, -0.2) is 0 Å². The number of aliphatic hydroxyl groups is 1. The third-order valence-electron chi connectivity index (χ3n) is 3.21. The normalized spacial score (nSPS) is 19.2. The van der Waals surface area contributed by atoms with Gasteiger partial charge in [-0.3, -0.25) is 0 Å². The Morgan fingerprint density at radius 1 is 1.21 bits per heavy atom. The lowest BCUT2D eigenvalue weighted by molar-refractivity contribution is -0.729. The first kappa shape index (κ1) is 14.1. The molecule has 0 fully saturated rings. The van der Waals surface area contributed by atoms with E-state index in [0.717, 1.165) is 22.8 Å². The molecule has 4 heteroatoms. The highest BCUT2D eigenvalue weighted by Gasteiger charge is 2.12. The molecule has 0 saturated carbocycles. The van der Waals surface area contributed by atoms with Crippen molar-refractivity contribution < 1.29 is 10.1 Å². The summed E-state index contributed by atoms with van der Waals surface area (Å²) in [5.41, 5.74) is 10.6. The quantitative estimate of drug-likeness (QED) is 0.774. The van der Waals surface area contributed by atoms with Crippen molar-refractivity contribution in [2.24, 2.45) is 5.41 Å². The molecule has 0 saturated heterocycles. The summed E-state index contributed by atoms with van der Waals surface area (Å²) < 4.78 is 0. The van der Waals surface area contributed by atoms with Crippen molar-refractivity contribution in [1.29, 1.82) is 0 Å². The van der Waals surface area contributed by atoms with Crippen molar-refractivity contribution in [1.82, 2.24) is 5.43 Å². The monoisotopic (exact) mass is 261 g/mol. The van der Waals surface area contributed by atoms with Crippen molar-refractivity contribution in [2.45, 2.75) is 33.6 Å². The molecule has 1 heterocycles. The van der Waals surface area contributed by atoms with Crippen LogP contribution in [0.5, 0.6) is 0 Å². The number of aryl methyl sites for hydroxylation is 1. The first-order chi connectivity index (χ1) is 8.98. The van der Waals surface area contributed by atoms with Crippen molar-refractivity contribution in [3.63, 3.8) is 0 Å². The summed E-state index contributed by atoms with van der Waals surface area (Å²) >= 11 is 0. The SMILES string of the molecule is CC(C)(C)CCc1ccc([NH+]2C=C(CO)N[N-]2)cc1. The van der Waals surface area contributed by atoms with Crippen LogP contribution >= 0.6 is 0 Å². The molecule has 0 aliphatic carbocycles. The molecule has 0 amide bonds. The topological polar surface area (TPSA) is 50.8 Å². The van der Waals surface area contributed by atoms with E-state index in [1.165, 1.54) is 12.0 Å². The minimum Gasteiger partial charge on any atom is -0.436 e. The number of nitrogens with one attached hydrogen (secondary N) is 2. The predicted molar refractivity (Wildman–Crippen MR) is 76.5 cm³/mol. The van der Waals surface area contributed by atoms with Crippen LogP contribution in [0.1, 0.15) is 32.8 Å². The van der Waals surface area contributed by atoms with Gasteiger partial charge in [-0.1, -0.05) is 32.9 Å². The van der Waals surface area contributed by atoms with Crippen LogP contribution in [0.4, 0.5) is 5.69 Å². The minimum absolute atomic E-state index is 0.00331. The smallest absolute Gasteiger partial charge is 0.127 e. The molecule has 1 aliphatic heterocycles. The molecule has 3 N–H and O–H groups in total. The van der Waals surface area contributed by atoms with Crippen LogP contribution in [-0.4, -0.2) is 11.7 Å². The number of benzene rings is 1. The molecule has 0 bridgehead atoms. The Hall–Kier alpha value is -1.36. The summed E-state index contributed by atoms with van der Waals surface area (Å²) in [5, 5.41) is 9.90. The highest BCUT2D eigenvalue weighted by Crippen LogP contribution is 2.21. The molecule has 0 spiro atoms. The van der Waals surface area contributed by atoms with E-state index in [1.807, 2.05) is 6.20 Å². The largest absolute Gasteiger partial charge is 0.436 e. The second-order valence-corrected chi connectivity index (χ2v) is 6.19. The summed E-state index contributed by atoms with van der Waals surface area (Å²) in [6, 6.07) is 8.51. The second kappa shape index (κ2) is 5.74. The van der Waals surface area contributed by atoms with Gasteiger partial charge in [0.2, 0.25) is 0 Å². The third kappa shape index (κ3) is 4.06. The van der Waals surface area contributed by atoms with Crippen LogP contribution < -0.4 is 10.4 Å². The lowest BCUT2D eigenvalue weighted by Crippen LogP contribution is -2.97. The van der Waals surface area contributed by atoms with Gasteiger partial charge in [-0.2, -0.15) is 0 Å². The molecule has 1 unspecified atom stereocenters. The summed E-state index contributed by atoms with van der Waals surface area (Å²) in [6.07, 6.45) is 4.17. The Labute approximate surface area is 115 Å². The summed E-state index contributed by atoms with van der Waals surface area (Å²) in [6.45, 7) is 6.79. The zero-order valence-corrected chi connectivity index (χ0v) is 11.9. The van der Waals surface area contributed by atoms with Crippen LogP contribution in [0, 0.1) is 5.41 Å². The van der Waals surface area contributed by atoms with Gasteiger partial charge in [0.05, 0.1) is 12.3 Å². The molecule has 1 aliphatic rings. The molecule has 1 atom stereocenters. The maximum absolute atomic E-state index is 9.02. The standard InChI is InChI=1S/C15H23N3O/c1-15(2,3)9-8-12-4-6-14(7-5-12)18-10-13(11-19)16-17-18/h4-7,10,16,18-19H,8-9,11H2,1-3H3. The van der Waals surface area contributed by atoms with E-state index < -0.39 is 0 Å². The predicted octanol–water partition coefficient (Wildman–Crippen LogP) is 1.82. The van der Waals surface area contributed by atoms with Crippen LogP contribution in [0.25, 0.3) is 5.53 Å². The molecule has 104 valence electrons. The maximum atomic E-state index is 9.02. The fraction of sp³-hybridized carbons (Fsp3) is 0.467. The molecule has 0 aromatic heterocycles. The van der Waals surface area contributed by atoms with Crippen molar-refractivity contribution in [3.8, 4) is 0 Å². The Balaban J connectivity index is 1.97. The number of aliphatic hydroxyl groups excluding tert-OH is 1. The van der Waals surface area contributed by atoms with E-state index in [2.05, 4.69) is 56.0 Å². The first-order valence-electron chi connectivity index (χ1n) is 6.72. The molecule has 0 radical (unpaired) electrons. The van der Waals surface area contributed by atoms with Gasteiger partial charge < -0.3 is 21.1 Å². The van der Waals surface area contributed by atoms with Crippen molar-refractivity contribution in [3.05, 3.63) is 47.3 Å². The Bertz CT molecular complexity index is 445. The molecule has 1 aromatic rings. The number of nitrogens with zero attached hydrogens (tertiary/aromatic N) is 1. The average molecular weight is 261 g/mol. The van der Waals surface area contributed by atoms with Crippen LogP contribution in [-0.2, 0) is 6.42 Å². The lowest BCUT2D eigenvalue weighted by atomic mass is 9.89. The highest BCUT2D eigenvalue weighted by atomic mass is 16.3. The Morgan fingerprint density at radius 2 is 1.89 bits per heavy atom. The molecular weight excluding hydrogens is 238 g/mol. The maximum Gasteiger partial charge on any atom is 0.127 e. The number of quaternary nitrogens is 1. The summed E-state index contributed by atoms with van der Waals surface area (Å²) in [5.74, 6) is 0. The van der Waals surface area contributed by atoms with E-state index in [0.29, 0.717) is 5.41 Å². The Kier molecular flexibility index (Phi) is 4.24. The number of hydrogen-bond acceptors (Lipinski definition) is 2. The van der Waals surface area contributed by atoms with E-state index in [-0.39, 0.29) is 6.61 Å². The zero-order chi connectivity index (χ0) is 13.9. The molecule has 1 aromatic carbocycles. The fourth-order valence-corrected chi connectivity index (χ4v) is 1.95. The van der Waals surface area contributed by atoms with Crippen LogP contribution in [0.2, 0.25) is 0 Å². The summed E-state index contributed by atoms with van der Waals surface area (Å²) in [7, 11) is 0. The van der Waals surface area contributed by atoms with E-state index in [9.17, 15) is 0 Å². The third-order valence-corrected chi connectivity index (χ3v) is 3.21. The highest BCUT2D eigenvalue weighted by molar-refractivity contribution is 5.34. The number of rotatable bonds is 4.